The van der Waals surface area contributed by atoms with Crippen molar-refractivity contribution < 1.29 is 14.3 Å². The highest BCUT2D eigenvalue weighted by Gasteiger charge is 2.40. The molecule has 5 heteroatoms. The van der Waals surface area contributed by atoms with E-state index < -0.39 is 6.04 Å². The molecule has 114 valence electrons. The smallest absolute Gasteiger partial charge is 0.290 e. The minimum atomic E-state index is -0.515. The van der Waals surface area contributed by atoms with Crippen LogP contribution in [-0.4, -0.2) is 23.0 Å². The molecule has 0 saturated carbocycles. The van der Waals surface area contributed by atoms with Crippen LogP contribution >= 0.6 is 0 Å². The van der Waals surface area contributed by atoms with Gasteiger partial charge < -0.3 is 14.4 Å². The lowest BCUT2D eigenvalue weighted by atomic mass is 9.99. The van der Waals surface area contributed by atoms with Crippen molar-refractivity contribution in [3.63, 3.8) is 0 Å². The Morgan fingerprint density at radius 2 is 1.74 bits per heavy atom. The van der Waals surface area contributed by atoms with Crippen molar-refractivity contribution >= 4 is 16.9 Å². The maximum Gasteiger partial charge on any atom is 0.290 e. The minimum Gasteiger partial charge on any atom is -0.508 e. The Bertz CT molecular complexity index is 988. The Kier molecular flexibility index (Phi) is 2.78. The van der Waals surface area contributed by atoms with E-state index in [2.05, 4.69) is 0 Å². The largest absolute Gasteiger partial charge is 0.508 e. The molecule has 23 heavy (non-hydrogen) atoms. The minimum absolute atomic E-state index is 0.0919. The van der Waals surface area contributed by atoms with Crippen LogP contribution in [0.4, 0.5) is 0 Å². The summed E-state index contributed by atoms with van der Waals surface area (Å²) in [5.41, 5.74) is 1.31. The van der Waals surface area contributed by atoms with Gasteiger partial charge in [0.15, 0.2) is 5.43 Å². The number of nitrogens with zero attached hydrogens (tertiary/aromatic N) is 1. The van der Waals surface area contributed by atoms with Gasteiger partial charge in [0.1, 0.15) is 11.3 Å². The second-order valence-electron chi connectivity index (χ2n) is 5.58. The van der Waals surface area contributed by atoms with E-state index in [4.69, 9.17) is 4.42 Å². The molecule has 1 aliphatic rings. The average molecular weight is 307 g/mol. The Labute approximate surface area is 131 Å². The molecule has 4 rings (SSSR count). The van der Waals surface area contributed by atoms with Crippen LogP contribution in [0, 0.1) is 0 Å². The summed E-state index contributed by atoms with van der Waals surface area (Å²) in [7, 11) is 1.64. The molecule has 1 aliphatic heterocycles. The van der Waals surface area contributed by atoms with Gasteiger partial charge in [0.25, 0.3) is 5.91 Å². The molecular weight excluding hydrogens is 294 g/mol. The van der Waals surface area contributed by atoms with Gasteiger partial charge in [-0.1, -0.05) is 24.3 Å². The van der Waals surface area contributed by atoms with Gasteiger partial charge in [-0.25, -0.2) is 0 Å². The first kappa shape index (κ1) is 13.6. The molecule has 0 spiro atoms. The van der Waals surface area contributed by atoms with Gasteiger partial charge in [0.2, 0.25) is 5.76 Å². The summed E-state index contributed by atoms with van der Waals surface area (Å²) in [6, 6.07) is 12.9. The summed E-state index contributed by atoms with van der Waals surface area (Å²) in [5.74, 6) is -0.0956. The van der Waals surface area contributed by atoms with Crippen LogP contribution in [-0.2, 0) is 0 Å². The van der Waals surface area contributed by atoms with Crippen molar-refractivity contribution in [1.82, 2.24) is 4.90 Å². The molecule has 0 unspecified atom stereocenters. The number of phenolic OH excluding ortho intramolecular Hbond substituents is 1. The number of carbonyl (C=O) groups is 1. The highest BCUT2D eigenvalue weighted by molar-refractivity contribution is 5.98. The number of para-hydroxylation sites is 1. The van der Waals surface area contributed by atoms with Crippen LogP contribution in [0.5, 0.6) is 5.75 Å². The fourth-order valence-electron chi connectivity index (χ4n) is 3.08. The fourth-order valence-corrected chi connectivity index (χ4v) is 3.08. The van der Waals surface area contributed by atoms with Crippen molar-refractivity contribution in [2.24, 2.45) is 0 Å². The molecule has 1 N–H and O–H groups in total. The third-order valence-corrected chi connectivity index (χ3v) is 4.22. The first-order valence-corrected chi connectivity index (χ1v) is 7.20. The van der Waals surface area contributed by atoms with Crippen molar-refractivity contribution in [2.75, 3.05) is 7.05 Å². The quantitative estimate of drug-likeness (QED) is 0.750. The van der Waals surface area contributed by atoms with E-state index in [-0.39, 0.29) is 22.8 Å². The third kappa shape index (κ3) is 1.86. The van der Waals surface area contributed by atoms with Crippen LogP contribution in [0.3, 0.4) is 0 Å². The zero-order valence-corrected chi connectivity index (χ0v) is 12.3. The molecule has 3 aromatic rings. The summed E-state index contributed by atoms with van der Waals surface area (Å²) in [5, 5.41) is 9.90. The maximum atomic E-state index is 12.9. The van der Waals surface area contributed by atoms with E-state index >= 15 is 0 Å². The number of carbonyl (C=O) groups excluding carboxylic acids is 1. The molecule has 1 aromatic heterocycles. The second-order valence-corrected chi connectivity index (χ2v) is 5.58. The first-order valence-electron chi connectivity index (χ1n) is 7.20. The molecule has 1 amide bonds. The van der Waals surface area contributed by atoms with Crippen LogP contribution in [0.25, 0.3) is 11.0 Å². The number of amides is 1. The average Bonchev–Trinajstić information content (AvgIpc) is 2.81. The molecule has 0 radical (unpaired) electrons. The highest BCUT2D eigenvalue weighted by Crippen LogP contribution is 2.37. The van der Waals surface area contributed by atoms with Crippen LogP contribution in [0.2, 0.25) is 0 Å². The van der Waals surface area contributed by atoms with Crippen molar-refractivity contribution in [1.29, 1.82) is 0 Å². The van der Waals surface area contributed by atoms with Crippen LogP contribution < -0.4 is 5.43 Å². The number of phenols is 1. The summed E-state index contributed by atoms with van der Waals surface area (Å²) < 4.78 is 5.70. The molecule has 2 aromatic carbocycles. The molecule has 2 heterocycles. The Hall–Kier alpha value is -3.08. The third-order valence-electron chi connectivity index (χ3n) is 4.22. The number of fused-ring (bicyclic) bond motifs is 2. The molecule has 0 saturated heterocycles. The second kappa shape index (κ2) is 4.71. The van der Waals surface area contributed by atoms with E-state index in [1.165, 1.54) is 17.0 Å². The van der Waals surface area contributed by atoms with Gasteiger partial charge in [0.05, 0.1) is 17.0 Å². The van der Waals surface area contributed by atoms with Crippen LogP contribution in [0.1, 0.15) is 27.7 Å². The Balaban J connectivity index is 2.03. The normalized spacial score (nSPS) is 16.8. The van der Waals surface area contributed by atoms with E-state index in [1.54, 1.807) is 43.4 Å². The van der Waals surface area contributed by atoms with E-state index in [0.717, 1.165) is 5.56 Å². The topological polar surface area (TPSA) is 70.8 Å². The standard InChI is InChI=1S/C18H13NO4/c1-19-15(10-6-8-11(20)9-7-10)14-16(21)12-4-2-3-5-13(12)23-17(14)18(19)22/h2-9,15,20H,1H3/t15-/m1/s1. The number of aromatic hydroxyl groups is 1. The number of hydrogen-bond acceptors (Lipinski definition) is 4. The highest BCUT2D eigenvalue weighted by atomic mass is 16.3. The summed E-state index contributed by atoms with van der Waals surface area (Å²) in [4.78, 5) is 26.8. The molecule has 0 bridgehead atoms. The zero-order valence-electron chi connectivity index (χ0n) is 12.3. The monoisotopic (exact) mass is 307 g/mol. The molecular formula is C18H13NO4. The molecule has 0 aliphatic carbocycles. The lowest BCUT2D eigenvalue weighted by molar-refractivity contribution is 0.0771. The molecule has 0 fully saturated rings. The summed E-state index contributed by atoms with van der Waals surface area (Å²) in [6.07, 6.45) is 0. The van der Waals surface area contributed by atoms with Gasteiger partial charge in [-0.05, 0) is 29.8 Å². The first-order chi connectivity index (χ1) is 11.1. The van der Waals surface area contributed by atoms with Gasteiger partial charge >= 0.3 is 0 Å². The number of hydrogen-bond donors (Lipinski definition) is 1. The number of rotatable bonds is 1. The maximum absolute atomic E-state index is 12.9. The summed E-state index contributed by atoms with van der Waals surface area (Å²) >= 11 is 0. The SMILES string of the molecule is CN1C(=O)c2oc3ccccc3c(=O)c2[C@H]1c1ccc(O)cc1. The van der Waals surface area contributed by atoms with E-state index in [1.807, 2.05) is 0 Å². The lowest BCUT2D eigenvalue weighted by Gasteiger charge is -2.20. The van der Waals surface area contributed by atoms with E-state index in [0.29, 0.717) is 16.5 Å². The Morgan fingerprint density at radius 3 is 2.48 bits per heavy atom. The van der Waals surface area contributed by atoms with Crippen molar-refractivity contribution in [3.8, 4) is 5.75 Å². The Morgan fingerprint density at radius 1 is 1.04 bits per heavy atom. The van der Waals surface area contributed by atoms with Gasteiger partial charge in [-0.15, -0.1) is 0 Å². The fraction of sp³-hybridized carbons (Fsp3) is 0.111. The zero-order chi connectivity index (χ0) is 16.1. The lowest BCUT2D eigenvalue weighted by Crippen LogP contribution is -2.25. The van der Waals surface area contributed by atoms with Gasteiger partial charge in [-0.2, -0.15) is 0 Å². The summed E-state index contributed by atoms with van der Waals surface area (Å²) in [6.45, 7) is 0. The van der Waals surface area contributed by atoms with Gasteiger partial charge in [-0.3, -0.25) is 9.59 Å². The van der Waals surface area contributed by atoms with Crippen molar-refractivity contribution in [3.05, 3.63) is 75.6 Å². The molecule has 1 atom stereocenters. The van der Waals surface area contributed by atoms with E-state index in [9.17, 15) is 14.7 Å². The van der Waals surface area contributed by atoms with Gasteiger partial charge in [0, 0.05) is 7.05 Å². The van der Waals surface area contributed by atoms with Crippen LogP contribution in [0.15, 0.2) is 57.7 Å². The predicted octanol–water partition coefficient (Wildman–Crippen LogP) is 2.67. The molecule has 5 nitrogen and oxygen atoms in total. The number of benzene rings is 2. The predicted molar refractivity (Wildman–Crippen MR) is 84.5 cm³/mol. The van der Waals surface area contributed by atoms with Crippen molar-refractivity contribution in [2.45, 2.75) is 6.04 Å².